The number of imide groups is 1. The molecule has 0 unspecified atom stereocenters. The van der Waals surface area contributed by atoms with Gasteiger partial charge < -0.3 is 14.8 Å². The molecule has 174 valence electrons. The van der Waals surface area contributed by atoms with Crippen LogP contribution >= 0.6 is 0 Å². The summed E-state index contributed by atoms with van der Waals surface area (Å²) >= 11 is 0. The number of aromatic nitrogens is 1. The first kappa shape index (κ1) is 22.5. The SMILES string of the molecule is COc1ccc2nc(C)c(C(=O)OCC(=O)NN3C(=O)NC4(CCC(C)CC4)C3=O)cc2c1. The number of hydrazine groups is 1. The van der Waals surface area contributed by atoms with E-state index >= 15 is 0 Å². The first-order chi connectivity index (χ1) is 15.7. The minimum atomic E-state index is -0.970. The number of pyridine rings is 1. The number of fused-ring (bicyclic) bond motifs is 1. The molecule has 0 radical (unpaired) electrons. The number of aryl methyl sites for hydroxylation is 1. The van der Waals surface area contributed by atoms with Crippen LogP contribution in [-0.4, -0.2) is 53.1 Å². The Hall–Kier alpha value is -3.69. The van der Waals surface area contributed by atoms with Crippen molar-refractivity contribution >= 4 is 34.7 Å². The van der Waals surface area contributed by atoms with E-state index in [0.29, 0.717) is 46.1 Å². The molecule has 2 aromatic rings. The standard InChI is InChI=1S/C23H26N4O6/c1-13-6-8-23(9-7-13)21(30)27(22(31)25-23)26-19(28)12-33-20(29)17-11-15-10-16(32-3)4-5-18(15)24-14(17)2/h4-5,10-11,13H,6-9,12H2,1-3H3,(H,25,31)(H,26,28). The Morgan fingerprint density at radius 2 is 1.97 bits per heavy atom. The Bertz CT molecular complexity index is 1140. The Morgan fingerprint density at radius 3 is 2.67 bits per heavy atom. The molecule has 0 bridgehead atoms. The van der Waals surface area contributed by atoms with Gasteiger partial charge in [-0.1, -0.05) is 6.92 Å². The summed E-state index contributed by atoms with van der Waals surface area (Å²) in [4.78, 5) is 54.4. The molecule has 33 heavy (non-hydrogen) atoms. The van der Waals surface area contributed by atoms with E-state index in [2.05, 4.69) is 22.7 Å². The molecule has 10 nitrogen and oxygen atoms in total. The van der Waals surface area contributed by atoms with E-state index in [1.165, 1.54) is 0 Å². The number of ether oxygens (including phenoxy) is 2. The number of esters is 1. The lowest BCUT2D eigenvalue weighted by Gasteiger charge is -2.33. The topological polar surface area (TPSA) is 127 Å². The van der Waals surface area contributed by atoms with Gasteiger partial charge in [-0.05, 0) is 62.8 Å². The van der Waals surface area contributed by atoms with Crippen molar-refractivity contribution < 1.29 is 28.7 Å². The number of carbonyl (C=O) groups excluding carboxylic acids is 4. The van der Waals surface area contributed by atoms with Crippen LogP contribution in [0, 0.1) is 12.8 Å². The lowest BCUT2D eigenvalue weighted by molar-refractivity contribution is -0.141. The van der Waals surface area contributed by atoms with Gasteiger partial charge in [-0.3, -0.25) is 20.0 Å². The summed E-state index contributed by atoms with van der Waals surface area (Å²) in [7, 11) is 1.54. The second kappa shape index (κ2) is 8.68. The second-order valence-electron chi connectivity index (χ2n) is 8.63. The molecular formula is C23H26N4O6. The van der Waals surface area contributed by atoms with Crippen molar-refractivity contribution in [2.45, 2.75) is 45.1 Å². The minimum Gasteiger partial charge on any atom is -0.497 e. The number of carbonyl (C=O) groups is 4. The van der Waals surface area contributed by atoms with Crippen molar-refractivity contribution in [3.05, 3.63) is 35.5 Å². The van der Waals surface area contributed by atoms with Gasteiger partial charge in [0, 0.05) is 5.39 Å². The van der Waals surface area contributed by atoms with Crippen molar-refractivity contribution in [1.29, 1.82) is 0 Å². The van der Waals surface area contributed by atoms with E-state index in [-0.39, 0.29) is 5.56 Å². The number of amides is 4. The molecule has 1 spiro atoms. The first-order valence-electron chi connectivity index (χ1n) is 10.8. The van der Waals surface area contributed by atoms with Gasteiger partial charge in [-0.2, -0.15) is 5.01 Å². The van der Waals surface area contributed by atoms with Crippen LogP contribution in [0.15, 0.2) is 24.3 Å². The molecule has 4 amide bonds. The van der Waals surface area contributed by atoms with Gasteiger partial charge in [0.15, 0.2) is 6.61 Å². The average Bonchev–Trinajstić information content (AvgIpc) is 3.02. The van der Waals surface area contributed by atoms with Gasteiger partial charge in [0.25, 0.3) is 11.8 Å². The quantitative estimate of drug-likeness (QED) is 0.524. The number of urea groups is 1. The normalized spacial score (nSPS) is 22.4. The summed E-state index contributed by atoms with van der Waals surface area (Å²) in [5.74, 6) is -0.915. The summed E-state index contributed by atoms with van der Waals surface area (Å²) in [6.07, 6.45) is 2.69. The maximum absolute atomic E-state index is 12.8. The molecule has 4 rings (SSSR count). The van der Waals surface area contributed by atoms with Gasteiger partial charge in [0.05, 0.1) is 23.9 Å². The molecule has 2 aliphatic rings. The summed E-state index contributed by atoms with van der Waals surface area (Å²) in [5.41, 5.74) is 2.62. The number of hydrogen-bond acceptors (Lipinski definition) is 7. The predicted molar refractivity (Wildman–Crippen MR) is 117 cm³/mol. The van der Waals surface area contributed by atoms with E-state index in [4.69, 9.17) is 9.47 Å². The maximum Gasteiger partial charge on any atom is 0.344 e. The van der Waals surface area contributed by atoms with E-state index in [9.17, 15) is 19.2 Å². The van der Waals surface area contributed by atoms with Gasteiger partial charge in [0.2, 0.25) is 0 Å². The Labute approximate surface area is 190 Å². The number of nitrogens with one attached hydrogen (secondary N) is 2. The van der Waals surface area contributed by atoms with E-state index < -0.39 is 36.0 Å². The summed E-state index contributed by atoms with van der Waals surface area (Å²) < 4.78 is 10.3. The lowest BCUT2D eigenvalue weighted by Crippen LogP contribution is -2.52. The number of hydrogen-bond donors (Lipinski definition) is 2. The third-order valence-electron chi connectivity index (χ3n) is 6.29. The third kappa shape index (κ3) is 4.33. The highest BCUT2D eigenvalue weighted by Crippen LogP contribution is 2.35. The summed E-state index contributed by atoms with van der Waals surface area (Å²) in [6.45, 7) is 3.11. The van der Waals surface area contributed by atoms with Crippen LogP contribution in [0.2, 0.25) is 0 Å². The summed E-state index contributed by atoms with van der Waals surface area (Å²) in [5, 5.41) is 4.08. The van der Waals surface area contributed by atoms with E-state index in [0.717, 1.165) is 12.8 Å². The third-order valence-corrected chi connectivity index (χ3v) is 6.29. The number of benzene rings is 1. The largest absolute Gasteiger partial charge is 0.497 e. The summed E-state index contributed by atoms with van der Waals surface area (Å²) in [6, 6.07) is 6.22. The monoisotopic (exact) mass is 454 g/mol. The molecule has 2 heterocycles. The van der Waals surface area contributed by atoms with Crippen LogP contribution < -0.4 is 15.5 Å². The fourth-order valence-corrected chi connectivity index (χ4v) is 4.27. The first-order valence-corrected chi connectivity index (χ1v) is 10.8. The zero-order chi connectivity index (χ0) is 23.8. The van der Waals surface area contributed by atoms with Crippen molar-refractivity contribution in [2.24, 2.45) is 5.92 Å². The smallest absolute Gasteiger partial charge is 0.344 e. The van der Waals surface area contributed by atoms with Crippen LogP contribution in [0.5, 0.6) is 5.75 Å². The van der Waals surface area contributed by atoms with Crippen molar-refractivity contribution in [2.75, 3.05) is 13.7 Å². The van der Waals surface area contributed by atoms with Crippen molar-refractivity contribution in [1.82, 2.24) is 20.7 Å². The molecular weight excluding hydrogens is 428 g/mol. The number of methoxy groups -OCH3 is 1. The zero-order valence-electron chi connectivity index (χ0n) is 18.8. The van der Waals surface area contributed by atoms with Crippen LogP contribution in [0.4, 0.5) is 4.79 Å². The lowest BCUT2D eigenvalue weighted by atomic mass is 9.77. The maximum atomic E-state index is 12.8. The fraction of sp³-hybridized carbons (Fsp3) is 0.435. The molecule has 10 heteroatoms. The zero-order valence-corrected chi connectivity index (χ0v) is 18.8. The van der Waals surface area contributed by atoms with E-state index in [1.807, 2.05) is 0 Å². The van der Waals surface area contributed by atoms with Crippen LogP contribution in [0.25, 0.3) is 10.9 Å². The fourth-order valence-electron chi connectivity index (χ4n) is 4.27. The van der Waals surface area contributed by atoms with Crippen LogP contribution in [0.1, 0.15) is 48.7 Å². The van der Waals surface area contributed by atoms with E-state index in [1.54, 1.807) is 38.3 Å². The minimum absolute atomic E-state index is 0.203. The Morgan fingerprint density at radius 1 is 1.24 bits per heavy atom. The highest BCUT2D eigenvalue weighted by atomic mass is 16.5. The van der Waals surface area contributed by atoms with Crippen molar-refractivity contribution in [3.63, 3.8) is 0 Å². The van der Waals surface area contributed by atoms with Crippen LogP contribution in [-0.2, 0) is 14.3 Å². The van der Waals surface area contributed by atoms with Gasteiger partial charge >= 0.3 is 12.0 Å². The Balaban J connectivity index is 1.39. The second-order valence-corrected chi connectivity index (χ2v) is 8.63. The average molecular weight is 454 g/mol. The highest BCUT2D eigenvalue weighted by molar-refractivity contribution is 6.08. The van der Waals surface area contributed by atoms with Gasteiger partial charge in [-0.25, -0.2) is 9.59 Å². The molecule has 1 saturated heterocycles. The molecule has 1 saturated carbocycles. The van der Waals surface area contributed by atoms with Gasteiger partial charge in [0.1, 0.15) is 11.3 Å². The Kier molecular flexibility index (Phi) is 5.92. The molecule has 2 N–H and O–H groups in total. The molecule has 2 fully saturated rings. The predicted octanol–water partition coefficient (Wildman–Crippen LogP) is 2.24. The van der Waals surface area contributed by atoms with Crippen LogP contribution in [0.3, 0.4) is 0 Å². The number of nitrogens with zero attached hydrogens (tertiary/aromatic N) is 2. The molecule has 1 aliphatic carbocycles. The van der Waals surface area contributed by atoms with Crippen molar-refractivity contribution in [3.8, 4) is 5.75 Å². The molecule has 1 aromatic carbocycles. The molecule has 0 atom stereocenters. The highest BCUT2D eigenvalue weighted by Gasteiger charge is 2.52. The number of rotatable bonds is 5. The molecule has 1 aliphatic heterocycles. The van der Waals surface area contributed by atoms with Gasteiger partial charge in [-0.15, -0.1) is 0 Å². The molecule has 1 aromatic heterocycles.